The number of rotatable bonds is 4. The molecular weight excluding hydrogens is 380 g/mol. The molecule has 28 heavy (non-hydrogen) atoms. The van der Waals surface area contributed by atoms with Gasteiger partial charge in [0.05, 0.1) is 23.9 Å². The Morgan fingerprint density at radius 2 is 2.04 bits per heavy atom. The summed E-state index contributed by atoms with van der Waals surface area (Å²) in [5.41, 5.74) is 2.90. The summed E-state index contributed by atoms with van der Waals surface area (Å²) in [5, 5.41) is 18.3. The lowest BCUT2D eigenvalue weighted by molar-refractivity contribution is 0.0570. The van der Waals surface area contributed by atoms with Crippen molar-refractivity contribution in [3.8, 4) is 17.3 Å². The van der Waals surface area contributed by atoms with E-state index < -0.39 is 15.6 Å². The van der Waals surface area contributed by atoms with Crippen molar-refractivity contribution < 1.29 is 13.2 Å². The lowest BCUT2D eigenvalue weighted by Crippen LogP contribution is -2.64. The van der Waals surface area contributed by atoms with Crippen molar-refractivity contribution in [1.29, 1.82) is 5.26 Å². The Morgan fingerprint density at radius 1 is 1.29 bits per heavy atom. The van der Waals surface area contributed by atoms with Crippen LogP contribution in [0.1, 0.15) is 35.1 Å². The van der Waals surface area contributed by atoms with E-state index in [-0.39, 0.29) is 36.7 Å². The van der Waals surface area contributed by atoms with Crippen molar-refractivity contribution in [2.45, 2.75) is 25.3 Å². The first-order chi connectivity index (χ1) is 13.4. The number of allylic oxidation sites excluding steroid dienone is 2. The monoisotopic (exact) mass is 396 g/mol. The Kier molecular flexibility index (Phi) is 3.42. The molecule has 1 fully saturated rings. The number of hydrogen-bond donors (Lipinski definition) is 0. The quantitative estimate of drug-likeness (QED) is 0.747. The number of ketones is 1. The Labute approximate surface area is 161 Å². The predicted molar refractivity (Wildman–Crippen MR) is 98.5 cm³/mol. The molecule has 0 radical (unpaired) electrons. The van der Waals surface area contributed by atoms with E-state index in [1.165, 1.54) is 9.10 Å². The molecule has 0 saturated carbocycles. The highest BCUT2D eigenvalue weighted by Gasteiger charge is 2.51. The van der Waals surface area contributed by atoms with Crippen LogP contribution in [0, 0.1) is 11.3 Å². The normalized spacial score (nSPS) is 19.4. The lowest BCUT2D eigenvalue weighted by Gasteiger charge is -2.46. The van der Waals surface area contributed by atoms with Gasteiger partial charge in [-0.1, -0.05) is 6.08 Å². The number of hydrogen-bond acceptors (Lipinski definition) is 7. The third-order valence-corrected chi connectivity index (χ3v) is 7.43. The lowest BCUT2D eigenvalue weighted by atomic mass is 9.89. The van der Waals surface area contributed by atoms with Crippen LogP contribution in [0.2, 0.25) is 0 Å². The summed E-state index contributed by atoms with van der Waals surface area (Å²) < 4.78 is 25.6. The Balaban J connectivity index is 1.61. The van der Waals surface area contributed by atoms with Gasteiger partial charge < -0.3 is 0 Å². The highest BCUT2D eigenvalue weighted by molar-refractivity contribution is 7.89. The SMILES string of the molecule is CCS(=O)(=O)N1CC(CC#N)(n2nc3c(n2)-c2ccnc4c2C(=CC4)C3=O)C1. The first-order valence-corrected chi connectivity index (χ1v) is 10.6. The number of Topliss-reactive ketones (excluding diaryl/α,β-unsaturated/α-hetero) is 1. The predicted octanol–water partition coefficient (Wildman–Crippen LogP) is 0.750. The number of carbonyl (C=O) groups excluding carboxylic acids is 1. The van der Waals surface area contributed by atoms with Crippen molar-refractivity contribution >= 4 is 21.4 Å². The van der Waals surface area contributed by atoms with Crippen LogP contribution in [-0.2, 0) is 22.0 Å². The molecule has 0 unspecified atom stereocenters. The minimum Gasteiger partial charge on any atom is -0.287 e. The fourth-order valence-electron chi connectivity index (χ4n) is 4.09. The number of carbonyl (C=O) groups is 1. The summed E-state index contributed by atoms with van der Waals surface area (Å²) in [6.07, 6.45) is 4.21. The van der Waals surface area contributed by atoms with E-state index >= 15 is 0 Å². The molecule has 142 valence electrons. The van der Waals surface area contributed by atoms with Crippen molar-refractivity contribution in [2.75, 3.05) is 18.8 Å². The highest BCUT2D eigenvalue weighted by Crippen LogP contribution is 2.43. The Bertz CT molecular complexity index is 1210. The zero-order valence-electron chi connectivity index (χ0n) is 15.1. The van der Waals surface area contributed by atoms with Crippen LogP contribution in [0.25, 0.3) is 16.8 Å². The zero-order valence-corrected chi connectivity index (χ0v) is 15.9. The van der Waals surface area contributed by atoms with Gasteiger partial charge in [-0.2, -0.15) is 19.5 Å². The van der Waals surface area contributed by atoms with Crippen molar-refractivity contribution in [3.05, 3.63) is 35.3 Å². The molecule has 3 heterocycles. The van der Waals surface area contributed by atoms with Gasteiger partial charge in [0.15, 0.2) is 5.69 Å². The minimum atomic E-state index is -3.35. The van der Waals surface area contributed by atoms with E-state index in [0.29, 0.717) is 17.7 Å². The van der Waals surface area contributed by atoms with Crippen LogP contribution in [-0.4, -0.2) is 57.3 Å². The van der Waals surface area contributed by atoms with Crippen molar-refractivity contribution in [1.82, 2.24) is 24.3 Å². The molecule has 2 aromatic heterocycles. The van der Waals surface area contributed by atoms with E-state index in [4.69, 9.17) is 0 Å². The van der Waals surface area contributed by atoms with Crippen LogP contribution < -0.4 is 0 Å². The molecule has 0 bridgehead atoms. The van der Waals surface area contributed by atoms with Crippen LogP contribution >= 0.6 is 0 Å². The van der Waals surface area contributed by atoms with E-state index in [1.54, 1.807) is 13.1 Å². The Hall–Kier alpha value is -2.90. The highest BCUT2D eigenvalue weighted by atomic mass is 32.2. The van der Waals surface area contributed by atoms with Gasteiger partial charge in [0.2, 0.25) is 15.8 Å². The van der Waals surface area contributed by atoms with E-state index in [2.05, 4.69) is 21.3 Å². The van der Waals surface area contributed by atoms with Crippen LogP contribution in [0.5, 0.6) is 0 Å². The van der Waals surface area contributed by atoms with E-state index in [0.717, 1.165) is 16.8 Å². The fourth-order valence-corrected chi connectivity index (χ4v) is 5.33. The van der Waals surface area contributed by atoms with Crippen LogP contribution in [0.3, 0.4) is 0 Å². The summed E-state index contributed by atoms with van der Waals surface area (Å²) in [4.78, 5) is 18.7. The average Bonchev–Trinajstić information content (AvgIpc) is 3.28. The second-order valence-electron chi connectivity index (χ2n) is 7.25. The van der Waals surface area contributed by atoms with Crippen LogP contribution in [0.4, 0.5) is 0 Å². The van der Waals surface area contributed by atoms with Gasteiger partial charge in [0.1, 0.15) is 11.2 Å². The minimum absolute atomic E-state index is 0.00549. The third kappa shape index (κ3) is 2.11. The van der Waals surface area contributed by atoms with E-state index in [1.807, 2.05) is 12.1 Å². The number of sulfonamides is 1. The van der Waals surface area contributed by atoms with Crippen molar-refractivity contribution in [2.24, 2.45) is 0 Å². The molecule has 0 atom stereocenters. The number of aromatic nitrogens is 4. The maximum atomic E-state index is 12.9. The first kappa shape index (κ1) is 17.2. The smallest absolute Gasteiger partial charge is 0.215 e. The van der Waals surface area contributed by atoms with Gasteiger partial charge >= 0.3 is 0 Å². The molecule has 0 amide bonds. The molecule has 5 rings (SSSR count). The van der Waals surface area contributed by atoms with E-state index in [9.17, 15) is 18.5 Å². The maximum absolute atomic E-state index is 12.9. The molecule has 0 aromatic carbocycles. The standard InChI is InChI=1S/C18H16N6O3S/c1-2-28(26,27)23-9-18(10-23,6-7-19)24-21-15-11-5-8-20-13-4-3-12(14(11)13)17(25)16(15)22-24/h3,5,8H,2,4,6,9-10H2,1H3. The topological polar surface area (TPSA) is 122 Å². The number of fused-ring (bicyclic) bond motifs is 2. The number of nitriles is 1. The summed E-state index contributed by atoms with van der Waals surface area (Å²) in [6, 6.07) is 3.92. The summed E-state index contributed by atoms with van der Waals surface area (Å²) >= 11 is 0. The average molecular weight is 396 g/mol. The molecule has 2 aromatic rings. The molecule has 1 aliphatic heterocycles. The molecule has 3 aliphatic rings. The maximum Gasteiger partial charge on any atom is 0.215 e. The summed E-state index contributed by atoms with van der Waals surface area (Å²) in [6.45, 7) is 1.82. The number of nitrogens with zero attached hydrogens (tertiary/aromatic N) is 6. The molecule has 0 N–H and O–H groups in total. The van der Waals surface area contributed by atoms with Gasteiger partial charge in [0, 0.05) is 42.4 Å². The summed E-state index contributed by atoms with van der Waals surface area (Å²) in [7, 11) is -3.35. The van der Waals surface area contributed by atoms with Crippen molar-refractivity contribution in [3.63, 3.8) is 0 Å². The molecule has 0 spiro atoms. The first-order valence-electron chi connectivity index (χ1n) is 8.96. The summed E-state index contributed by atoms with van der Waals surface area (Å²) in [5.74, 6) is -0.209. The van der Waals surface area contributed by atoms with Gasteiger partial charge in [-0.05, 0) is 13.0 Å². The third-order valence-electron chi connectivity index (χ3n) is 5.66. The molecule has 1 saturated heterocycles. The number of pyridine rings is 1. The molecule has 9 nitrogen and oxygen atoms in total. The second kappa shape index (κ2) is 5.56. The molecular formula is C18H16N6O3S. The molecule has 2 aliphatic carbocycles. The van der Waals surface area contributed by atoms with Crippen LogP contribution in [0.15, 0.2) is 18.3 Å². The second-order valence-corrected chi connectivity index (χ2v) is 9.50. The van der Waals surface area contributed by atoms with Gasteiger partial charge in [-0.15, -0.1) is 5.10 Å². The Morgan fingerprint density at radius 3 is 2.75 bits per heavy atom. The fraction of sp³-hybridized carbons (Fsp3) is 0.389. The largest absolute Gasteiger partial charge is 0.287 e. The zero-order chi connectivity index (χ0) is 19.7. The molecule has 10 heteroatoms. The van der Waals surface area contributed by atoms with Gasteiger partial charge in [-0.25, -0.2) is 8.42 Å². The van der Waals surface area contributed by atoms with Gasteiger partial charge in [-0.3, -0.25) is 9.78 Å². The van der Waals surface area contributed by atoms with Gasteiger partial charge in [0.25, 0.3) is 0 Å².